The minimum Gasteiger partial charge on any atom is -0.366 e. The van der Waals surface area contributed by atoms with E-state index in [9.17, 15) is 28.0 Å². The minimum absolute atomic E-state index is 0.0665. The van der Waals surface area contributed by atoms with Crippen molar-refractivity contribution in [3.8, 4) is 0 Å². The molecule has 11 heteroatoms. The summed E-state index contributed by atoms with van der Waals surface area (Å²) in [4.78, 5) is 57.6. The van der Waals surface area contributed by atoms with Gasteiger partial charge >= 0.3 is 0 Å². The average Bonchev–Trinajstić information content (AvgIpc) is 3.06. The first kappa shape index (κ1) is 22.1. The number of fused-ring (bicyclic) bond motifs is 1. The number of piperazine rings is 1. The van der Waals surface area contributed by atoms with Crippen LogP contribution < -0.4 is 10.2 Å². The van der Waals surface area contributed by atoms with Crippen LogP contribution in [0.5, 0.6) is 0 Å². The van der Waals surface area contributed by atoms with Crippen molar-refractivity contribution < 1.29 is 28.0 Å². The Hall–Kier alpha value is -3.73. The fourth-order valence-electron chi connectivity index (χ4n) is 4.67. The van der Waals surface area contributed by atoms with Crippen molar-refractivity contribution in [1.29, 1.82) is 0 Å². The van der Waals surface area contributed by atoms with Crippen LogP contribution in [0.2, 0.25) is 0 Å². The predicted molar refractivity (Wildman–Crippen MR) is 115 cm³/mol. The fraction of sp³-hybridized carbons (Fsp3) is 0.348. The van der Waals surface area contributed by atoms with Gasteiger partial charge in [0.25, 0.3) is 17.8 Å². The normalized spacial score (nSPS) is 21.2. The molecule has 1 unspecified atom stereocenters. The van der Waals surface area contributed by atoms with Crippen molar-refractivity contribution in [1.82, 2.24) is 20.1 Å². The Morgan fingerprint density at radius 2 is 1.71 bits per heavy atom. The molecule has 34 heavy (non-hydrogen) atoms. The third-order valence-corrected chi connectivity index (χ3v) is 6.45. The third kappa shape index (κ3) is 3.81. The molecule has 0 spiro atoms. The molecule has 1 aromatic heterocycles. The summed E-state index contributed by atoms with van der Waals surface area (Å²) < 4.78 is 27.5. The van der Waals surface area contributed by atoms with Gasteiger partial charge in [0, 0.05) is 45.3 Å². The Morgan fingerprint density at radius 1 is 0.971 bits per heavy atom. The highest BCUT2D eigenvalue weighted by atomic mass is 19.2. The summed E-state index contributed by atoms with van der Waals surface area (Å²) in [7, 11) is 0. The van der Waals surface area contributed by atoms with Gasteiger partial charge in [-0.3, -0.25) is 34.3 Å². The van der Waals surface area contributed by atoms with Crippen molar-refractivity contribution in [2.24, 2.45) is 0 Å². The van der Waals surface area contributed by atoms with Crippen LogP contribution in [0, 0.1) is 11.8 Å². The van der Waals surface area contributed by atoms with Crippen molar-refractivity contribution in [3.63, 3.8) is 0 Å². The molecular weight excluding hydrogens is 448 g/mol. The lowest BCUT2D eigenvalue weighted by molar-refractivity contribution is -0.136. The minimum atomic E-state index is -1.12. The topological polar surface area (TPSA) is 103 Å². The number of aromatic nitrogens is 1. The van der Waals surface area contributed by atoms with E-state index < -0.39 is 41.4 Å². The number of imide groups is 2. The highest BCUT2D eigenvalue weighted by Gasteiger charge is 2.44. The van der Waals surface area contributed by atoms with Gasteiger partial charge in [0.05, 0.1) is 16.8 Å². The molecule has 0 aliphatic carbocycles. The zero-order valence-electron chi connectivity index (χ0n) is 18.1. The fourth-order valence-corrected chi connectivity index (χ4v) is 4.67. The summed E-state index contributed by atoms with van der Waals surface area (Å²) in [5.41, 5.74) is 1.47. The Morgan fingerprint density at radius 3 is 2.44 bits per heavy atom. The Kier molecular flexibility index (Phi) is 5.56. The van der Waals surface area contributed by atoms with Gasteiger partial charge in [-0.15, -0.1) is 0 Å². The summed E-state index contributed by atoms with van der Waals surface area (Å²) in [6, 6.07) is 5.46. The maximum atomic E-state index is 14.0. The number of halogens is 2. The molecule has 5 rings (SSSR count). The van der Waals surface area contributed by atoms with Crippen molar-refractivity contribution in [2.45, 2.75) is 25.4 Å². The van der Waals surface area contributed by atoms with Crippen molar-refractivity contribution in [2.75, 3.05) is 31.1 Å². The molecule has 1 atom stereocenters. The first-order valence-electron chi connectivity index (χ1n) is 11.0. The summed E-state index contributed by atoms with van der Waals surface area (Å²) in [6.07, 6.45) is 1.41. The SMILES string of the molecule is O=C1CCC(N2C(=O)c3ccc(CN4CCN(c5ccnc(F)c5F)CC4)cc3C2=O)C(=O)N1. The molecule has 3 aliphatic heterocycles. The predicted octanol–water partition coefficient (Wildman–Crippen LogP) is 1.08. The van der Waals surface area contributed by atoms with E-state index in [4.69, 9.17) is 0 Å². The van der Waals surface area contributed by atoms with Crippen LogP contribution in [0.25, 0.3) is 0 Å². The first-order valence-corrected chi connectivity index (χ1v) is 11.0. The quantitative estimate of drug-likeness (QED) is 0.528. The Labute approximate surface area is 193 Å². The molecule has 1 N–H and O–H groups in total. The standard InChI is InChI=1S/C23H21F2N5O4/c24-19-16(5-6-26-20(19)25)29-9-7-28(8-10-29)12-13-1-2-14-15(11-13)23(34)30(22(14)33)17-3-4-18(31)27-21(17)32/h1-2,5-6,11,17H,3-4,7-10,12H2,(H,27,31,32). The second-order valence-corrected chi connectivity index (χ2v) is 8.53. The number of carbonyl (C=O) groups excluding carboxylic acids is 4. The van der Waals surface area contributed by atoms with Crippen LogP contribution in [-0.4, -0.2) is 70.6 Å². The summed E-state index contributed by atoms with van der Waals surface area (Å²) in [5, 5.41) is 2.18. The molecule has 0 bridgehead atoms. The monoisotopic (exact) mass is 469 g/mol. The summed E-state index contributed by atoms with van der Waals surface area (Å²) in [5.74, 6) is -4.23. The van der Waals surface area contributed by atoms with E-state index in [1.54, 1.807) is 23.1 Å². The van der Waals surface area contributed by atoms with Crippen LogP contribution in [0.3, 0.4) is 0 Å². The van der Waals surface area contributed by atoms with E-state index >= 15 is 0 Å². The molecular formula is C23H21F2N5O4. The van der Waals surface area contributed by atoms with Crippen LogP contribution in [0.1, 0.15) is 39.1 Å². The number of pyridine rings is 1. The second kappa shape index (κ2) is 8.56. The van der Waals surface area contributed by atoms with Gasteiger partial charge in [0.2, 0.25) is 17.6 Å². The van der Waals surface area contributed by atoms with E-state index in [0.717, 1.165) is 10.5 Å². The van der Waals surface area contributed by atoms with E-state index in [-0.39, 0.29) is 29.7 Å². The van der Waals surface area contributed by atoms with E-state index in [1.807, 2.05) is 0 Å². The zero-order chi connectivity index (χ0) is 24.0. The molecule has 9 nitrogen and oxygen atoms in total. The molecule has 4 heterocycles. The maximum absolute atomic E-state index is 14.0. The van der Waals surface area contributed by atoms with Crippen molar-refractivity contribution >= 4 is 29.3 Å². The maximum Gasteiger partial charge on any atom is 0.262 e. The largest absolute Gasteiger partial charge is 0.366 e. The van der Waals surface area contributed by atoms with Crippen LogP contribution in [0.15, 0.2) is 30.5 Å². The third-order valence-electron chi connectivity index (χ3n) is 6.45. The second-order valence-electron chi connectivity index (χ2n) is 8.53. The number of carbonyl (C=O) groups is 4. The lowest BCUT2D eigenvalue weighted by Gasteiger charge is -2.36. The molecule has 2 saturated heterocycles. The molecule has 0 saturated carbocycles. The summed E-state index contributed by atoms with van der Waals surface area (Å²) >= 11 is 0. The van der Waals surface area contributed by atoms with Gasteiger partial charge in [-0.1, -0.05) is 6.07 Å². The van der Waals surface area contributed by atoms with E-state index in [2.05, 4.69) is 15.2 Å². The van der Waals surface area contributed by atoms with Gasteiger partial charge in [-0.25, -0.2) is 4.98 Å². The molecule has 4 amide bonds. The van der Waals surface area contributed by atoms with Gasteiger partial charge in [-0.2, -0.15) is 8.78 Å². The number of benzene rings is 1. The zero-order valence-corrected chi connectivity index (χ0v) is 18.1. The number of nitrogens with one attached hydrogen (secondary N) is 1. The van der Waals surface area contributed by atoms with Crippen molar-refractivity contribution in [3.05, 3.63) is 58.9 Å². The van der Waals surface area contributed by atoms with E-state index in [1.165, 1.54) is 12.3 Å². The van der Waals surface area contributed by atoms with Gasteiger partial charge in [0.15, 0.2) is 0 Å². The lowest BCUT2D eigenvalue weighted by atomic mass is 10.0. The molecule has 176 valence electrons. The molecule has 3 aliphatic rings. The average molecular weight is 469 g/mol. The number of amides is 4. The molecule has 1 aromatic carbocycles. The Balaban J connectivity index is 1.26. The van der Waals surface area contributed by atoms with Gasteiger partial charge < -0.3 is 4.90 Å². The molecule has 2 aromatic rings. The number of anilines is 1. The number of hydrogen-bond donors (Lipinski definition) is 1. The lowest BCUT2D eigenvalue weighted by Crippen LogP contribution is -2.54. The van der Waals surface area contributed by atoms with E-state index in [0.29, 0.717) is 32.7 Å². The molecule has 0 radical (unpaired) electrons. The van der Waals surface area contributed by atoms with Gasteiger partial charge in [-0.05, 0) is 30.2 Å². The first-order chi connectivity index (χ1) is 16.3. The summed E-state index contributed by atoms with van der Waals surface area (Å²) in [6.45, 7) is 2.68. The van der Waals surface area contributed by atoms with Crippen LogP contribution in [0.4, 0.5) is 14.5 Å². The number of piperidine rings is 1. The van der Waals surface area contributed by atoms with Gasteiger partial charge in [0.1, 0.15) is 6.04 Å². The number of rotatable bonds is 4. The Bertz CT molecular complexity index is 1210. The smallest absolute Gasteiger partial charge is 0.262 e. The molecule has 2 fully saturated rings. The number of hydrogen-bond acceptors (Lipinski definition) is 7. The highest BCUT2D eigenvalue weighted by molar-refractivity contribution is 6.23. The number of nitrogens with zero attached hydrogens (tertiary/aromatic N) is 4. The highest BCUT2D eigenvalue weighted by Crippen LogP contribution is 2.29. The van der Waals surface area contributed by atoms with Crippen LogP contribution >= 0.6 is 0 Å². The van der Waals surface area contributed by atoms with Crippen LogP contribution in [-0.2, 0) is 16.1 Å².